The first-order valence-electron chi connectivity index (χ1n) is 8.11. The van der Waals surface area contributed by atoms with Crippen molar-refractivity contribution in [3.8, 4) is 0 Å². The number of likely N-dealkylation sites (N-methyl/N-ethyl adjacent to an activating group) is 1. The number of amides is 2. The minimum atomic E-state index is -0.700. The van der Waals surface area contributed by atoms with E-state index in [1.54, 1.807) is 20.2 Å². The molecule has 0 fully saturated rings. The maximum absolute atomic E-state index is 12.7. The molecule has 1 heterocycles. The molecular weight excluding hydrogens is 440 g/mol. The van der Waals surface area contributed by atoms with E-state index in [1.165, 1.54) is 16.2 Å². The van der Waals surface area contributed by atoms with Crippen LogP contribution in [0.5, 0.6) is 0 Å². The first-order valence-corrected chi connectivity index (χ1v) is 10.7. The monoisotopic (exact) mass is 461 g/mol. The van der Waals surface area contributed by atoms with Crippen LogP contribution in [0.3, 0.4) is 0 Å². The van der Waals surface area contributed by atoms with Gasteiger partial charge in [-0.05, 0) is 18.3 Å². The lowest BCUT2D eigenvalue weighted by Crippen LogP contribution is -2.49. The summed E-state index contributed by atoms with van der Waals surface area (Å²) >= 11 is 25.0. The van der Waals surface area contributed by atoms with E-state index in [0.29, 0.717) is 13.0 Å². The molecule has 148 valence electrons. The summed E-state index contributed by atoms with van der Waals surface area (Å²) in [6.45, 7) is 3.92. The summed E-state index contributed by atoms with van der Waals surface area (Å²) in [5.74, 6) is -0.891. The number of nitrogens with zero attached hydrogens (tertiary/aromatic N) is 2. The van der Waals surface area contributed by atoms with E-state index in [9.17, 15) is 9.59 Å². The molecular formula is C16H23Cl4N3O2S. The molecule has 0 aliphatic heterocycles. The molecule has 0 saturated heterocycles. The van der Waals surface area contributed by atoms with Crippen molar-refractivity contribution in [3.63, 3.8) is 0 Å². The van der Waals surface area contributed by atoms with Crippen molar-refractivity contribution in [2.45, 2.75) is 48.9 Å². The van der Waals surface area contributed by atoms with Crippen LogP contribution in [0.4, 0.5) is 0 Å². The van der Waals surface area contributed by atoms with Crippen molar-refractivity contribution in [1.82, 2.24) is 15.2 Å². The predicted octanol–water partition coefficient (Wildman–Crippen LogP) is 4.25. The van der Waals surface area contributed by atoms with Crippen molar-refractivity contribution in [3.05, 3.63) is 16.6 Å². The first kappa shape index (κ1) is 23.8. The Morgan fingerprint density at radius 3 is 2.31 bits per heavy atom. The zero-order valence-electron chi connectivity index (χ0n) is 14.8. The normalized spacial score (nSPS) is 15.0. The number of halogens is 4. The summed E-state index contributed by atoms with van der Waals surface area (Å²) < 4.78 is 0. The Kier molecular flexibility index (Phi) is 10.6. The van der Waals surface area contributed by atoms with Crippen molar-refractivity contribution < 1.29 is 9.59 Å². The molecule has 0 spiro atoms. The zero-order chi connectivity index (χ0) is 19.9. The summed E-state index contributed by atoms with van der Waals surface area (Å²) in [5, 5.41) is 5.43. The lowest BCUT2D eigenvalue weighted by atomic mass is 10.00. The van der Waals surface area contributed by atoms with Gasteiger partial charge in [0.15, 0.2) is 0 Å². The van der Waals surface area contributed by atoms with Crippen molar-refractivity contribution >= 4 is 69.6 Å². The quantitative estimate of drug-likeness (QED) is 0.528. The Labute approximate surface area is 178 Å². The fraction of sp³-hybridized carbons (Fsp3) is 0.688. The molecule has 0 radical (unpaired) electrons. The molecule has 0 aliphatic carbocycles. The molecule has 0 saturated carbocycles. The summed E-state index contributed by atoms with van der Waals surface area (Å²) in [5.41, 5.74) is 0. The number of aromatic nitrogens is 1. The molecule has 1 rings (SSSR count). The van der Waals surface area contributed by atoms with Gasteiger partial charge in [0.25, 0.3) is 0 Å². The molecule has 10 heteroatoms. The average molecular weight is 463 g/mol. The van der Waals surface area contributed by atoms with Gasteiger partial charge in [0, 0.05) is 25.0 Å². The van der Waals surface area contributed by atoms with Crippen LogP contribution < -0.4 is 5.32 Å². The fourth-order valence-corrected chi connectivity index (χ4v) is 3.14. The van der Waals surface area contributed by atoms with Crippen molar-refractivity contribution in [1.29, 1.82) is 0 Å². The lowest BCUT2D eigenvalue weighted by molar-refractivity contribution is -0.140. The Bertz CT molecular complexity index is 572. The summed E-state index contributed by atoms with van der Waals surface area (Å²) in [4.78, 5) is 29.5. The van der Waals surface area contributed by atoms with Crippen LogP contribution in [-0.2, 0) is 16.1 Å². The lowest BCUT2D eigenvalue weighted by Gasteiger charge is -2.30. The molecule has 3 unspecified atom stereocenters. The van der Waals surface area contributed by atoms with Gasteiger partial charge >= 0.3 is 0 Å². The Morgan fingerprint density at radius 2 is 1.81 bits per heavy atom. The van der Waals surface area contributed by atoms with Gasteiger partial charge < -0.3 is 10.2 Å². The summed E-state index contributed by atoms with van der Waals surface area (Å²) in [7, 11) is 1.59. The van der Waals surface area contributed by atoms with Crippen molar-refractivity contribution in [2.75, 3.05) is 7.05 Å². The second-order valence-electron chi connectivity index (χ2n) is 6.23. The molecule has 1 aromatic rings. The van der Waals surface area contributed by atoms with E-state index in [-0.39, 0.29) is 30.1 Å². The highest BCUT2D eigenvalue weighted by molar-refractivity contribution is 7.09. The molecule has 0 aromatic carbocycles. The number of hydrogen-bond acceptors (Lipinski definition) is 4. The van der Waals surface area contributed by atoms with Crippen LogP contribution in [0.15, 0.2) is 11.6 Å². The Morgan fingerprint density at radius 1 is 1.19 bits per heavy atom. The smallest absolute Gasteiger partial charge is 0.243 e. The van der Waals surface area contributed by atoms with Gasteiger partial charge in [0.05, 0.1) is 6.54 Å². The minimum absolute atomic E-state index is 0.143. The van der Waals surface area contributed by atoms with Crippen molar-refractivity contribution in [2.24, 2.45) is 11.8 Å². The van der Waals surface area contributed by atoms with E-state index in [1.807, 2.05) is 12.3 Å². The highest BCUT2D eigenvalue weighted by Crippen LogP contribution is 2.24. The molecule has 1 aromatic heterocycles. The highest BCUT2D eigenvalue weighted by atomic mass is 35.5. The number of hydrogen-bond donors (Lipinski definition) is 1. The molecule has 3 atom stereocenters. The number of carbonyl (C=O) groups is 2. The standard InChI is InChI=1S/C16H23Cl4N3O2S/c1-9(14(17)18)6-11(16(25)22-8-12-21-4-5-26-12)23(3)13(24)7-10(2)15(19)20/h4-5,9-11,14-15H,6-8H2,1-3H3,(H,22,25). The topological polar surface area (TPSA) is 62.3 Å². The number of alkyl halides is 4. The second kappa shape index (κ2) is 11.5. The van der Waals surface area contributed by atoms with E-state index in [2.05, 4.69) is 10.3 Å². The zero-order valence-corrected chi connectivity index (χ0v) is 18.6. The van der Waals surface area contributed by atoms with Gasteiger partial charge in [0.1, 0.15) is 20.7 Å². The number of carbonyl (C=O) groups excluding carboxylic acids is 2. The van der Waals surface area contributed by atoms with E-state index in [4.69, 9.17) is 46.4 Å². The maximum Gasteiger partial charge on any atom is 0.243 e. The Balaban J connectivity index is 2.81. The number of rotatable bonds is 10. The van der Waals surface area contributed by atoms with Crippen LogP contribution >= 0.6 is 57.7 Å². The fourth-order valence-electron chi connectivity index (χ4n) is 2.20. The van der Waals surface area contributed by atoms with Crippen LogP contribution in [0, 0.1) is 11.8 Å². The molecule has 26 heavy (non-hydrogen) atoms. The molecule has 1 N–H and O–H groups in total. The highest BCUT2D eigenvalue weighted by Gasteiger charge is 2.31. The van der Waals surface area contributed by atoms with E-state index >= 15 is 0 Å². The third-order valence-corrected chi connectivity index (χ3v) is 6.51. The van der Waals surface area contributed by atoms with Crippen LogP contribution in [-0.4, -0.2) is 44.5 Å². The summed E-state index contributed by atoms with van der Waals surface area (Å²) in [6.07, 6.45) is 2.15. The maximum atomic E-state index is 12.7. The van der Waals surface area contributed by atoms with Gasteiger partial charge in [-0.25, -0.2) is 4.98 Å². The average Bonchev–Trinajstić information content (AvgIpc) is 3.09. The minimum Gasteiger partial charge on any atom is -0.348 e. The van der Waals surface area contributed by atoms with Gasteiger partial charge in [-0.2, -0.15) is 0 Å². The Hall–Kier alpha value is -0.270. The molecule has 0 aliphatic rings. The van der Waals surface area contributed by atoms with Crippen LogP contribution in [0.25, 0.3) is 0 Å². The molecule has 5 nitrogen and oxygen atoms in total. The van der Waals surface area contributed by atoms with Gasteiger partial charge in [-0.3, -0.25) is 9.59 Å². The van der Waals surface area contributed by atoms with Gasteiger partial charge in [-0.15, -0.1) is 57.7 Å². The second-order valence-corrected chi connectivity index (χ2v) is 9.53. The molecule has 2 amide bonds. The SMILES string of the molecule is CC(CC(=O)N(C)C(CC(C)C(Cl)Cl)C(=O)NCc1nccs1)C(Cl)Cl. The predicted molar refractivity (Wildman–Crippen MR) is 109 cm³/mol. The third-order valence-electron chi connectivity index (χ3n) is 4.01. The summed E-state index contributed by atoms with van der Waals surface area (Å²) in [6, 6.07) is -0.700. The number of nitrogens with one attached hydrogen (secondary N) is 1. The molecule has 0 bridgehead atoms. The largest absolute Gasteiger partial charge is 0.348 e. The first-order chi connectivity index (χ1) is 12.1. The van der Waals surface area contributed by atoms with Crippen LogP contribution in [0.1, 0.15) is 31.7 Å². The van der Waals surface area contributed by atoms with Crippen LogP contribution in [0.2, 0.25) is 0 Å². The van der Waals surface area contributed by atoms with Gasteiger partial charge in [0.2, 0.25) is 11.8 Å². The van der Waals surface area contributed by atoms with E-state index < -0.39 is 15.7 Å². The van der Waals surface area contributed by atoms with E-state index in [0.717, 1.165) is 5.01 Å². The number of thiazole rings is 1. The van der Waals surface area contributed by atoms with Gasteiger partial charge in [-0.1, -0.05) is 13.8 Å². The third kappa shape index (κ3) is 7.77.